The molecule has 0 radical (unpaired) electrons. The molecule has 2 heterocycles. The number of morpholine rings is 1. The summed E-state index contributed by atoms with van der Waals surface area (Å²) in [5, 5.41) is 20.0. The highest BCUT2D eigenvalue weighted by Gasteiger charge is 2.80. The first-order valence-electron chi connectivity index (χ1n) is 18.4. The Hall–Kier alpha value is -1.26. The van der Waals surface area contributed by atoms with E-state index in [2.05, 4.69) is 25.7 Å². The Morgan fingerprint density at radius 2 is 1.76 bits per heavy atom. The molecule has 9 nitrogen and oxygen atoms in total. The molecule has 2 N–H and O–H groups in total. The molecule has 12 atom stereocenters. The van der Waals surface area contributed by atoms with E-state index in [-0.39, 0.29) is 47.8 Å². The summed E-state index contributed by atoms with van der Waals surface area (Å²) in [6.07, 6.45) is 11.1. The highest BCUT2D eigenvalue weighted by atomic mass is 16.7. The molecule has 9 unspecified atom stereocenters. The molecule has 9 heteroatoms. The first kappa shape index (κ1) is 33.2. The Morgan fingerprint density at radius 1 is 1.00 bits per heavy atom. The molecule has 46 heavy (non-hydrogen) atoms. The number of hydrogen-bond donors (Lipinski definition) is 2. The van der Waals surface area contributed by atoms with E-state index in [9.17, 15) is 14.7 Å². The number of aliphatic carboxylic acids is 1. The van der Waals surface area contributed by atoms with Gasteiger partial charge in [0, 0.05) is 26.6 Å². The molecule has 2 aliphatic heterocycles. The number of carboxylic acid groups (broad SMARTS) is 1. The first-order chi connectivity index (χ1) is 21.6. The van der Waals surface area contributed by atoms with Crippen LogP contribution in [-0.2, 0) is 28.5 Å². The van der Waals surface area contributed by atoms with Gasteiger partial charge in [0.2, 0.25) is 0 Å². The molecular formula is C37H59NO8. The Kier molecular flexibility index (Phi) is 8.24. The van der Waals surface area contributed by atoms with Crippen LogP contribution in [0.15, 0.2) is 0 Å². The van der Waals surface area contributed by atoms with Gasteiger partial charge in [-0.3, -0.25) is 14.5 Å². The van der Waals surface area contributed by atoms with Gasteiger partial charge in [0.25, 0.3) is 0 Å². The lowest BCUT2D eigenvalue weighted by atomic mass is 9.46. The normalized spacial score (nSPS) is 46.9. The highest BCUT2D eigenvalue weighted by molar-refractivity contribution is 5.67. The number of ether oxygens (including phenoxy) is 4. The van der Waals surface area contributed by atoms with Crippen LogP contribution in [0, 0.1) is 45.3 Å². The maximum absolute atomic E-state index is 11.9. The van der Waals surface area contributed by atoms with Crippen molar-refractivity contribution in [3.05, 3.63) is 0 Å². The summed E-state index contributed by atoms with van der Waals surface area (Å²) in [5.74, 6) is 1.46. The number of nitrogens with zero attached hydrogens (tertiary/aromatic N) is 1. The molecule has 0 bridgehead atoms. The fraction of sp³-hybridized carbons (Fsp3) is 0.946. The van der Waals surface area contributed by atoms with E-state index in [0.717, 1.165) is 38.1 Å². The van der Waals surface area contributed by atoms with Crippen LogP contribution >= 0.6 is 0 Å². The largest absolute Gasteiger partial charge is 0.481 e. The van der Waals surface area contributed by atoms with Gasteiger partial charge >= 0.3 is 11.9 Å². The molecule has 0 aromatic rings. The average molecular weight is 646 g/mol. The minimum absolute atomic E-state index is 0.0585. The van der Waals surface area contributed by atoms with E-state index >= 15 is 0 Å². The minimum Gasteiger partial charge on any atom is -0.481 e. The molecule has 5 aliphatic carbocycles. The maximum atomic E-state index is 11.9. The van der Waals surface area contributed by atoms with E-state index < -0.39 is 17.7 Å². The molecule has 0 aromatic carbocycles. The minimum atomic E-state index is -1.15. The molecule has 5 saturated carbocycles. The number of carbonyl (C=O) groups is 2. The first-order valence-corrected chi connectivity index (χ1v) is 18.4. The third kappa shape index (κ3) is 5.19. The summed E-state index contributed by atoms with van der Waals surface area (Å²) in [4.78, 5) is 25.2. The Labute approximate surface area is 275 Å². The van der Waals surface area contributed by atoms with E-state index in [1.165, 1.54) is 45.4 Å². The van der Waals surface area contributed by atoms with Crippen LogP contribution in [0.5, 0.6) is 0 Å². The molecule has 0 amide bonds. The topological polar surface area (TPSA) is 115 Å². The lowest BCUT2D eigenvalue weighted by molar-refractivity contribution is -0.245. The molecule has 2 saturated heterocycles. The zero-order valence-electron chi connectivity index (χ0n) is 29.1. The highest BCUT2D eigenvalue weighted by Crippen LogP contribution is 2.87. The summed E-state index contributed by atoms with van der Waals surface area (Å²) in [5.41, 5.74) is 0.0502. The van der Waals surface area contributed by atoms with Crippen molar-refractivity contribution in [3.8, 4) is 0 Å². The number of aliphatic hydroxyl groups is 1. The van der Waals surface area contributed by atoms with Gasteiger partial charge in [-0.25, -0.2) is 0 Å². The maximum Gasteiger partial charge on any atom is 0.304 e. The molecule has 2 spiro atoms. The van der Waals surface area contributed by atoms with Crippen molar-refractivity contribution < 1.29 is 38.7 Å². The van der Waals surface area contributed by atoms with Crippen LogP contribution in [0.2, 0.25) is 0 Å². The van der Waals surface area contributed by atoms with Crippen molar-refractivity contribution in [3.63, 3.8) is 0 Å². The van der Waals surface area contributed by atoms with Gasteiger partial charge in [0.15, 0.2) is 12.4 Å². The van der Waals surface area contributed by atoms with Gasteiger partial charge in [0.05, 0.1) is 36.9 Å². The monoisotopic (exact) mass is 645 g/mol. The van der Waals surface area contributed by atoms with Gasteiger partial charge in [-0.15, -0.1) is 0 Å². The summed E-state index contributed by atoms with van der Waals surface area (Å²) >= 11 is 0. The number of hydrogen-bond acceptors (Lipinski definition) is 8. The molecule has 7 aliphatic rings. The smallest absolute Gasteiger partial charge is 0.304 e. The Morgan fingerprint density at radius 3 is 2.48 bits per heavy atom. The van der Waals surface area contributed by atoms with E-state index in [0.29, 0.717) is 48.3 Å². The zero-order chi connectivity index (χ0) is 32.9. The summed E-state index contributed by atoms with van der Waals surface area (Å²) < 4.78 is 25.4. The van der Waals surface area contributed by atoms with Crippen LogP contribution in [0.1, 0.15) is 112 Å². The SMILES string of the molecule is CC(=O)O[C@@H](C1CCC2C(CC3C4CCC5C(C)(C)[C@@H](OC6CN(CCC(=O)O)CCO6)CCC56C[C@@]46CCC23C)O1)C(C)(C)O. The third-order valence-corrected chi connectivity index (χ3v) is 15.0. The van der Waals surface area contributed by atoms with Gasteiger partial charge in [-0.1, -0.05) is 20.8 Å². The predicted molar refractivity (Wildman–Crippen MR) is 171 cm³/mol. The average Bonchev–Trinajstić information content (AvgIpc) is 3.55. The summed E-state index contributed by atoms with van der Waals surface area (Å²) in [6.45, 7) is 14.9. The molecule has 0 aromatic heterocycles. The molecule has 7 rings (SSSR count). The third-order valence-electron chi connectivity index (χ3n) is 15.0. The quantitative estimate of drug-likeness (QED) is 0.334. The Bertz CT molecular complexity index is 1200. The fourth-order valence-corrected chi connectivity index (χ4v) is 13.0. The number of rotatable bonds is 8. The molecule has 7 fully saturated rings. The second-order valence-corrected chi connectivity index (χ2v) is 17.9. The van der Waals surface area contributed by atoms with E-state index in [1.807, 2.05) is 0 Å². The van der Waals surface area contributed by atoms with Gasteiger partial charge in [-0.05, 0) is 123 Å². The number of carbonyl (C=O) groups excluding carboxylic acids is 1. The van der Waals surface area contributed by atoms with Crippen LogP contribution in [0.4, 0.5) is 0 Å². The molecule has 260 valence electrons. The second-order valence-electron chi connectivity index (χ2n) is 17.9. The van der Waals surface area contributed by atoms with Crippen molar-refractivity contribution in [1.29, 1.82) is 0 Å². The lowest BCUT2D eigenvalue weighted by Gasteiger charge is -2.60. The summed E-state index contributed by atoms with van der Waals surface area (Å²) in [7, 11) is 0. The standard InChI is InChI=1S/C37H59NO8/c1-22(39)44-32(34(4,5)42)26-9-7-24-27(45-26)19-25-23-8-10-28-33(2,3)29(46-31-20-38(17-18-43-31)16-12-30(40)41)11-13-37(28)21-36(23,37)15-14-35(24,25)6/h23-29,31-32,42H,7-21H2,1-6H3,(H,40,41)/t23?,24?,25?,26?,27?,28?,29-,31?,32-,35?,36-,37?/m0/s1. The summed E-state index contributed by atoms with van der Waals surface area (Å²) in [6, 6.07) is 0. The van der Waals surface area contributed by atoms with Crippen LogP contribution in [0.3, 0.4) is 0 Å². The van der Waals surface area contributed by atoms with E-state index in [1.54, 1.807) is 13.8 Å². The van der Waals surface area contributed by atoms with Crippen molar-refractivity contribution in [2.45, 2.75) is 148 Å². The number of carboxylic acids is 1. The Balaban J connectivity index is 1.04. The number of esters is 1. The van der Waals surface area contributed by atoms with Gasteiger partial charge in [0.1, 0.15) is 0 Å². The van der Waals surface area contributed by atoms with Gasteiger partial charge in [-0.2, -0.15) is 0 Å². The van der Waals surface area contributed by atoms with Crippen molar-refractivity contribution in [2.24, 2.45) is 45.3 Å². The molecular weight excluding hydrogens is 586 g/mol. The van der Waals surface area contributed by atoms with Gasteiger partial charge < -0.3 is 29.2 Å². The fourth-order valence-electron chi connectivity index (χ4n) is 13.0. The second kappa shape index (κ2) is 11.4. The van der Waals surface area contributed by atoms with Crippen molar-refractivity contribution in [1.82, 2.24) is 4.90 Å². The zero-order valence-corrected chi connectivity index (χ0v) is 29.1. The van der Waals surface area contributed by atoms with Crippen molar-refractivity contribution >= 4 is 11.9 Å². The predicted octanol–water partition coefficient (Wildman–Crippen LogP) is 5.41. The van der Waals surface area contributed by atoms with Crippen molar-refractivity contribution in [2.75, 3.05) is 26.2 Å². The van der Waals surface area contributed by atoms with Crippen LogP contribution < -0.4 is 0 Å². The lowest BCUT2D eigenvalue weighted by Crippen LogP contribution is -2.56. The number of fused-ring (bicyclic) bond motifs is 4. The van der Waals surface area contributed by atoms with Crippen LogP contribution in [-0.4, -0.2) is 89.6 Å². The van der Waals surface area contributed by atoms with E-state index in [4.69, 9.17) is 24.1 Å². The van der Waals surface area contributed by atoms with Crippen LogP contribution in [0.25, 0.3) is 0 Å².